The van der Waals surface area contributed by atoms with Crippen LogP contribution in [0.2, 0.25) is 0 Å². The Morgan fingerprint density at radius 3 is 2.90 bits per heavy atom. The Bertz CT molecular complexity index is 594. The Labute approximate surface area is 128 Å². The van der Waals surface area contributed by atoms with Gasteiger partial charge in [0, 0.05) is 6.42 Å². The van der Waals surface area contributed by atoms with Gasteiger partial charge < -0.3 is 10.1 Å². The van der Waals surface area contributed by atoms with Crippen LogP contribution in [0.1, 0.15) is 12.8 Å². The summed E-state index contributed by atoms with van der Waals surface area (Å²) < 4.78 is 18.5. The minimum absolute atomic E-state index is 0.182. The van der Waals surface area contributed by atoms with Crippen molar-refractivity contribution in [1.29, 1.82) is 0 Å². The molecule has 1 aliphatic rings. The lowest BCUT2D eigenvalue weighted by Gasteiger charge is -2.21. The van der Waals surface area contributed by atoms with Crippen molar-refractivity contribution in [3.8, 4) is 5.75 Å². The highest BCUT2D eigenvalue weighted by Gasteiger charge is 2.27. The van der Waals surface area contributed by atoms with Gasteiger partial charge in [-0.25, -0.2) is 4.39 Å². The van der Waals surface area contributed by atoms with E-state index in [0.717, 1.165) is 0 Å². The van der Waals surface area contributed by atoms with Gasteiger partial charge in [-0.2, -0.15) is 0 Å². The van der Waals surface area contributed by atoms with Gasteiger partial charge in [-0.3, -0.25) is 19.7 Å². The molecule has 0 radical (unpaired) electrons. The molecule has 1 aromatic carbocycles. The van der Waals surface area contributed by atoms with Crippen LogP contribution in [0.15, 0.2) is 22.7 Å². The Morgan fingerprint density at radius 1 is 1.48 bits per heavy atom. The zero-order valence-corrected chi connectivity index (χ0v) is 12.4. The lowest BCUT2D eigenvalue weighted by atomic mass is 10.1. The van der Waals surface area contributed by atoms with Crippen molar-refractivity contribution in [3.63, 3.8) is 0 Å². The maximum atomic E-state index is 12.9. The summed E-state index contributed by atoms with van der Waals surface area (Å²) in [4.78, 5) is 34.1. The lowest BCUT2D eigenvalue weighted by molar-refractivity contribution is -0.137. The summed E-state index contributed by atoms with van der Waals surface area (Å²) in [6.07, 6.45) is 0.442. The molecule has 3 amide bonds. The molecule has 0 aliphatic carbocycles. The zero-order chi connectivity index (χ0) is 15.4. The number of nitrogens with one attached hydrogen (secondary N) is 2. The summed E-state index contributed by atoms with van der Waals surface area (Å²) >= 11 is 3.11. The Kier molecular flexibility index (Phi) is 4.89. The fourth-order valence-corrected chi connectivity index (χ4v) is 2.27. The predicted octanol–water partition coefficient (Wildman–Crippen LogP) is 0.888. The summed E-state index contributed by atoms with van der Waals surface area (Å²) in [6.45, 7) is -0.318. The van der Waals surface area contributed by atoms with E-state index in [9.17, 15) is 18.8 Å². The van der Waals surface area contributed by atoms with Gasteiger partial charge in [0.1, 0.15) is 17.6 Å². The van der Waals surface area contributed by atoms with Crippen molar-refractivity contribution < 1.29 is 23.5 Å². The normalized spacial score (nSPS) is 18.1. The second-order valence-electron chi connectivity index (χ2n) is 4.43. The molecule has 6 nitrogen and oxygen atoms in total. The topological polar surface area (TPSA) is 84.5 Å². The van der Waals surface area contributed by atoms with Crippen molar-refractivity contribution >= 4 is 33.7 Å². The highest BCUT2D eigenvalue weighted by Crippen LogP contribution is 2.25. The number of benzene rings is 1. The van der Waals surface area contributed by atoms with Gasteiger partial charge in [0.2, 0.25) is 11.8 Å². The van der Waals surface area contributed by atoms with E-state index in [4.69, 9.17) is 4.74 Å². The molecule has 1 atom stereocenters. The third-order valence-corrected chi connectivity index (χ3v) is 3.45. The molecule has 1 unspecified atom stereocenters. The van der Waals surface area contributed by atoms with Crippen LogP contribution in [0.25, 0.3) is 0 Å². The van der Waals surface area contributed by atoms with Gasteiger partial charge in [-0.05, 0) is 40.5 Å². The molecule has 0 bridgehead atoms. The Hall–Kier alpha value is -1.96. The van der Waals surface area contributed by atoms with Crippen LogP contribution in [0.4, 0.5) is 4.39 Å². The van der Waals surface area contributed by atoms with E-state index in [2.05, 4.69) is 26.6 Å². The van der Waals surface area contributed by atoms with Crippen LogP contribution in [-0.4, -0.2) is 30.4 Å². The number of rotatable bonds is 4. The summed E-state index contributed by atoms with van der Waals surface area (Å²) in [5.41, 5.74) is 0. The van der Waals surface area contributed by atoms with Crippen LogP contribution in [0.3, 0.4) is 0 Å². The van der Waals surface area contributed by atoms with E-state index in [-0.39, 0.29) is 25.4 Å². The molecule has 1 fully saturated rings. The SMILES string of the molecule is O=C1CCC(NC(=O)COc2ccc(F)cc2Br)C(=O)N1. The largest absolute Gasteiger partial charge is 0.483 e. The molecule has 112 valence electrons. The molecular formula is C13H12BrFN2O4. The van der Waals surface area contributed by atoms with Crippen molar-refractivity contribution in [1.82, 2.24) is 10.6 Å². The number of hydrogen-bond donors (Lipinski definition) is 2. The molecule has 0 aromatic heterocycles. The van der Waals surface area contributed by atoms with Crippen LogP contribution in [-0.2, 0) is 14.4 Å². The van der Waals surface area contributed by atoms with Crippen molar-refractivity contribution in [2.75, 3.05) is 6.61 Å². The van der Waals surface area contributed by atoms with Crippen molar-refractivity contribution in [2.24, 2.45) is 0 Å². The third kappa shape index (κ3) is 4.25. The molecule has 1 heterocycles. The predicted molar refractivity (Wildman–Crippen MR) is 73.9 cm³/mol. The summed E-state index contributed by atoms with van der Waals surface area (Å²) in [5, 5.41) is 4.61. The van der Waals surface area contributed by atoms with Gasteiger partial charge in [0.15, 0.2) is 6.61 Å². The molecule has 0 spiro atoms. The van der Waals surface area contributed by atoms with Gasteiger partial charge in [0.05, 0.1) is 4.47 Å². The second kappa shape index (κ2) is 6.66. The quantitative estimate of drug-likeness (QED) is 0.782. The first-order valence-corrected chi connectivity index (χ1v) is 6.96. The molecular weight excluding hydrogens is 347 g/mol. The average Bonchev–Trinajstić information content (AvgIpc) is 2.41. The van der Waals surface area contributed by atoms with E-state index in [1.54, 1.807) is 0 Å². The lowest BCUT2D eigenvalue weighted by Crippen LogP contribution is -2.53. The Balaban J connectivity index is 1.85. The molecule has 8 heteroatoms. The standard InChI is InChI=1S/C13H12BrFN2O4/c14-8-5-7(15)1-3-10(8)21-6-12(19)16-9-2-4-11(18)17-13(9)20/h1,3,5,9H,2,4,6H2,(H,16,19)(H,17,18,20). The van der Waals surface area contributed by atoms with Crippen LogP contribution >= 0.6 is 15.9 Å². The second-order valence-corrected chi connectivity index (χ2v) is 5.29. The smallest absolute Gasteiger partial charge is 0.258 e. The number of halogens is 2. The van der Waals surface area contributed by atoms with E-state index in [1.807, 2.05) is 0 Å². The first-order valence-electron chi connectivity index (χ1n) is 6.16. The highest BCUT2D eigenvalue weighted by molar-refractivity contribution is 9.10. The summed E-state index contributed by atoms with van der Waals surface area (Å²) in [6, 6.07) is 3.07. The van der Waals surface area contributed by atoms with Crippen LogP contribution in [0, 0.1) is 5.82 Å². The number of carbonyl (C=O) groups excluding carboxylic acids is 3. The number of hydrogen-bond acceptors (Lipinski definition) is 4. The average molecular weight is 359 g/mol. The summed E-state index contributed by atoms with van der Waals surface area (Å²) in [5.74, 6) is -1.49. The van der Waals surface area contributed by atoms with E-state index in [0.29, 0.717) is 10.2 Å². The first kappa shape index (κ1) is 15.4. The minimum atomic E-state index is -0.740. The molecule has 1 aromatic rings. The van der Waals surface area contributed by atoms with E-state index in [1.165, 1.54) is 18.2 Å². The van der Waals surface area contributed by atoms with Gasteiger partial charge in [-0.1, -0.05) is 0 Å². The molecule has 1 saturated heterocycles. The van der Waals surface area contributed by atoms with Gasteiger partial charge in [0.25, 0.3) is 5.91 Å². The van der Waals surface area contributed by atoms with Crippen LogP contribution in [0.5, 0.6) is 5.75 Å². The first-order chi connectivity index (χ1) is 9.95. The van der Waals surface area contributed by atoms with Crippen LogP contribution < -0.4 is 15.4 Å². The monoisotopic (exact) mass is 358 g/mol. The number of carbonyl (C=O) groups is 3. The number of piperidine rings is 1. The van der Waals surface area contributed by atoms with Crippen molar-refractivity contribution in [2.45, 2.75) is 18.9 Å². The molecule has 2 rings (SSSR count). The number of ether oxygens (including phenoxy) is 1. The fraction of sp³-hybridized carbons (Fsp3) is 0.308. The molecule has 2 N–H and O–H groups in total. The maximum Gasteiger partial charge on any atom is 0.258 e. The van der Waals surface area contributed by atoms with Gasteiger partial charge in [-0.15, -0.1) is 0 Å². The van der Waals surface area contributed by atoms with Gasteiger partial charge >= 0.3 is 0 Å². The van der Waals surface area contributed by atoms with Crippen molar-refractivity contribution in [3.05, 3.63) is 28.5 Å². The summed E-state index contributed by atoms with van der Waals surface area (Å²) in [7, 11) is 0. The number of amides is 3. The number of imide groups is 1. The Morgan fingerprint density at radius 2 is 2.24 bits per heavy atom. The van der Waals surface area contributed by atoms with E-state index >= 15 is 0 Å². The minimum Gasteiger partial charge on any atom is -0.483 e. The maximum absolute atomic E-state index is 12.9. The molecule has 21 heavy (non-hydrogen) atoms. The third-order valence-electron chi connectivity index (χ3n) is 2.83. The van der Waals surface area contributed by atoms with E-state index < -0.39 is 23.7 Å². The fourth-order valence-electron chi connectivity index (χ4n) is 1.80. The zero-order valence-electron chi connectivity index (χ0n) is 10.8. The highest BCUT2D eigenvalue weighted by atomic mass is 79.9. The molecule has 0 saturated carbocycles. The molecule has 1 aliphatic heterocycles.